The first-order chi connectivity index (χ1) is 11.1. The minimum atomic E-state index is -0.376. The van der Waals surface area contributed by atoms with E-state index in [2.05, 4.69) is 4.90 Å². The van der Waals surface area contributed by atoms with Crippen LogP contribution in [0.4, 0.5) is 0 Å². The third-order valence-electron chi connectivity index (χ3n) is 4.96. The highest BCUT2D eigenvalue weighted by Gasteiger charge is 2.54. The Morgan fingerprint density at radius 2 is 1.91 bits per heavy atom. The summed E-state index contributed by atoms with van der Waals surface area (Å²) in [5.41, 5.74) is 0.651. The third kappa shape index (κ3) is 3.21. The molecule has 1 aliphatic carbocycles. The maximum absolute atomic E-state index is 13.1. The molecule has 1 saturated heterocycles. The number of piperazine rings is 1. The van der Waals surface area contributed by atoms with Gasteiger partial charge in [0.1, 0.15) is 5.75 Å². The van der Waals surface area contributed by atoms with Crippen molar-refractivity contribution >= 4 is 5.91 Å². The topological polar surface area (TPSA) is 53.0 Å². The standard InChI is InChI=1S/C18H26N2O3/c1-14(21)13-19-9-11-20(12-10-19)17(22)18(7-8-18)15-5-3-4-6-16(15)23-2/h3-6,14,21H,7-13H2,1-2H3/t14-/m1/s1. The summed E-state index contributed by atoms with van der Waals surface area (Å²) >= 11 is 0. The fourth-order valence-corrected chi connectivity index (χ4v) is 3.57. The molecule has 0 spiro atoms. The predicted molar refractivity (Wildman–Crippen MR) is 88.6 cm³/mol. The van der Waals surface area contributed by atoms with E-state index in [-0.39, 0.29) is 17.4 Å². The Labute approximate surface area is 137 Å². The number of methoxy groups -OCH3 is 1. The summed E-state index contributed by atoms with van der Waals surface area (Å²) in [6.07, 6.45) is 1.49. The zero-order valence-corrected chi connectivity index (χ0v) is 14.0. The number of carbonyl (C=O) groups excluding carboxylic acids is 1. The van der Waals surface area contributed by atoms with Gasteiger partial charge in [-0.1, -0.05) is 18.2 Å². The average Bonchev–Trinajstić information content (AvgIpc) is 3.36. The number of hydrogen-bond acceptors (Lipinski definition) is 4. The van der Waals surface area contributed by atoms with Crippen LogP contribution in [-0.4, -0.2) is 66.8 Å². The van der Waals surface area contributed by atoms with Crippen LogP contribution in [0.1, 0.15) is 25.3 Å². The van der Waals surface area contributed by atoms with E-state index >= 15 is 0 Å². The van der Waals surface area contributed by atoms with Crippen molar-refractivity contribution in [2.75, 3.05) is 39.8 Å². The minimum Gasteiger partial charge on any atom is -0.496 e. The van der Waals surface area contributed by atoms with E-state index in [9.17, 15) is 9.90 Å². The molecule has 1 amide bonds. The Kier molecular flexibility index (Phi) is 4.60. The highest BCUT2D eigenvalue weighted by molar-refractivity contribution is 5.92. The molecule has 126 valence electrons. The molecule has 1 saturated carbocycles. The Morgan fingerprint density at radius 3 is 2.48 bits per heavy atom. The van der Waals surface area contributed by atoms with Crippen LogP contribution >= 0.6 is 0 Å². The van der Waals surface area contributed by atoms with Gasteiger partial charge in [0, 0.05) is 38.3 Å². The molecule has 1 aromatic carbocycles. The first-order valence-electron chi connectivity index (χ1n) is 8.40. The van der Waals surface area contributed by atoms with Crippen molar-refractivity contribution < 1.29 is 14.6 Å². The van der Waals surface area contributed by atoms with Gasteiger partial charge in [-0.25, -0.2) is 0 Å². The van der Waals surface area contributed by atoms with Crippen LogP contribution in [0.15, 0.2) is 24.3 Å². The van der Waals surface area contributed by atoms with Crippen LogP contribution in [0.3, 0.4) is 0 Å². The molecular weight excluding hydrogens is 292 g/mol. The van der Waals surface area contributed by atoms with E-state index in [4.69, 9.17) is 4.74 Å². The number of nitrogens with zero attached hydrogens (tertiary/aromatic N) is 2. The summed E-state index contributed by atoms with van der Waals surface area (Å²) < 4.78 is 5.46. The molecule has 5 nitrogen and oxygen atoms in total. The lowest BCUT2D eigenvalue weighted by atomic mass is 9.93. The van der Waals surface area contributed by atoms with E-state index in [1.54, 1.807) is 14.0 Å². The second kappa shape index (κ2) is 6.49. The van der Waals surface area contributed by atoms with Crippen LogP contribution in [0.5, 0.6) is 5.75 Å². The smallest absolute Gasteiger partial charge is 0.233 e. The molecule has 0 unspecified atom stereocenters. The molecule has 5 heteroatoms. The number of benzene rings is 1. The quantitative estimate of drug-likeness (QED) is 0.888. The van der Waals surface area contributed by atoms with Gasteiger partial charge < -0.3 is 14.7 Å². The van der Waals surface area contributed by atoms with E-state index in [1.165, 1.54) is 0 Å². The normalized spacial score (nSPS) is 21.8. The van der Waals surface area contributed by atoms with E-state index in [1.807, 2.05) is 29.2 Å². The number of amides is 1. The monoisotopic (exact) mass is 318 g/mol. The van der Waals surface area contributed by atoms with Crippen LogP contribution in [0.2, 0.25) is 0 Å². The summed E-state index contributed by atoms with van der Waals surface area (Å²) in [4.78, 5) is 17.3. The molecule has 0 radical (unpaired) electrons. The average molecular weight is 318 g/mol. The van der Waals surface area contributed by atoms with Gasteiger partial charge >= 0.3 is 0 Å². The zero-order valence-electron chi connectivity index (χ0n) is 14.0. The highest BCUT2D eigenvalue weighted by atomic mass is 16.5. The number of hydrogen-bond donors (Lipinski definition) is 1. The van der Waals surface area contributed by atoms with Crippen LogP contribution < -0.4 is 4.74 Å². The van der Waals surface area contributed by atoms with Gasteiger partial charge in [-0.2, -0.15) is 0 Å². The van der Waals surface area contributed by atoms with Crippen molar-refractivity contribution in [3.05, 3.63) is 29.8 Å². The molecule has 1 aromatic rings. The maximum atomic E-state index is 13.1. The molecule has 1 heterocycles. The first kappa shape index (κ1) is 16.3. The van der Waals surface area contributed by atoms with Gasteiger partial charge in [0.25, 0.3) is 0 Å². The lowest BCUT2D eigenvalue weighted by molar-refractivity contribution is -0.135. The van der Waals surface area contributed by atoms with E-state index in [0.717, 1.165) is 50.3 Å². The van der Waals surface area contributed by atoms with Crippen LogP contribution in [0.25, 0.3) is 0 Å². The maximum Gasteiger partial charge on any atom is 0.233 e. The Balaban J connectivity index is 1.69. The summed E-state index contributed by atoms with van der Waals surface area (Å²) in [7, 11) is 1.66. The number of β-amino-alcohol motifs (C(OH)–C–C–N with tert-alkyl or cyclic N) is 1. The first-order valence-corrected chi connectivity index (χ1v) is 8.40. The van der Waals surface area contributed by atoms with Gasteiger partial charge in [0.2, 0.25) is 5.91 Å². The fourth-order valence-electron chi connectivity index (χ4n) is 3.57. The van der Waals surface area contributed by atoms with Gasteiger partial charge in [-0.15, -0.1) is 0 Å². The van der Waals surface area contributed by atoms with Crippen molar-refractivity contribution in [3.63, 3.8) is 0 Å². The summed E-state index contributed by atoms with van der Waals surface area (Å²) in [5.74, 6) is 1.05. The molecule has 3 rings (SSSR count). The summed E-state index contributed by atoms with van der Waals surface area (Å²) in [6.45, 7) is 5.63. The summed E-state index contributed by atoms with van der Waals surface area (Å²) in [6, 6.07) is 7.88. The number of aliphatic hydroxyl groups excluding tert-OH is 1. The number of para-hydroxylation sites is 1. The molecule has 1 N–H and O–H groups in total. The molecule has 0 aromatic heterocycles. The molecule has 2 aliphatic rings. The zero-order chi connectivity index (χ0) is 16.4. The molecule has 1 aliphatic heterocycles. The summed E-state index contributed by atoms with van der Waals surface area (Å²) in [5, 5.41) is 9.49. The fraction of sp³-hybridized carbons (Fsp3) is 0.611. The van der Waals surface area contributed by atoms with Crippen LogP contribution in [0, 0.1) is 0 Å². The molecule has 23 heavy (non-hydrogen) atoms. The molecule has 1 atom stereocenters. The number of carbonyl (C=O) groups is 1. The highest BCUT2D eigenvalue weighted by Crippen LogP contribution is 2.52. The lowest BCUT2D eigenvalue weighted by Crippen LogP contribution is -2.52. The second-order valence-corrected chi connectivity index (χ2v) is 6.72. The second-order valence-electron chi connectivity index (χ2n) is 6.72. The van der Waals surface area contributed by atoms with E-state index in [0.29, 0.717) is 6.54 Å². The predicted octanol–water partition coefficient (Wildman–Crippen LogP) is 1.25. The number of rotatable bonds is 5. The number of ether oxygens (including phenoxy) is 1. The lowest BCUT2D eigenvalue weighted by Gasteiger charge is -2.37. The van der Waals surface area contributed by atoms with Crippen molar-refractivity contribution in [2.24, 2.45) is 0 Å². The SMILES string of the molecule is COc1ccccc1C1(C(=O)N2CCN(C[C@@H](C)O)CC2)CC1. The minimum absolute atomic E-state index is 0.235. The van der Waals surface area contributed by atoms with Crippen molar-refractivity contribution in [1.82, 2.24) is 9.80 Å². The van der Waals surface area contributed by atoms with Gasteiger partial charge in [-0.3, -0.25) is 9.69 Å². The van der Waals surface area contributed by atoms with Crippen molar-refractivity contribution in [3.8, 4) is 5.75 Å². The largest absolute Gasteiger partial charge is 0.496 e. The molecule has 2 fully saturated rings. The van der Waals surface area contributed by atoms with Gasteiger partial charge in [0.05, 0.1) is 18.6 Å². The molecular formula is C18H26N2O3. The van der Waals surface area contributed by atoms with Gasteiger partial charge in [0.15, 0.2) is 0 Å². The van der Waals surface area contributed by atoms with Crippen LogP contribution in [-0.2, 0) is 10.2 Å². The Morgan fingerprint density at radius 1 is 1.26 bits per heavy atom. The Bertz CT molecular complexity index is 561. The third-order valence-corrected chi connectivity index (χ3v) is 4.96. The van der Waals surface area contributed by atoms with Crippen molar-refractivity contribution in [2.45, 2.75) is 31.3 Å². The number of aliphatic hydroxyl groups is 1. The molecule has 0 bridgehead atoms. The van der Waals surface area contributed by atoms with Gasteiger partial charge in [-0.05, 0) is 25.8 Å². The van der Waals surface area contributed by atoms with Crippen molar-refractivity contribution in [1.29, 1.82) is 0 Å². The van der Waals surface area contributed by atoms with E-state index < -0.39 is 0 Å². The Hall–Kier alpha value is -1.59.